The number of anilines is 2. The molecule has 1 rings (SSSR count). The number of nitrogen functional groups attached to an aromatic ring is 1. The zero-order chi connectivity index (χ0) is 13.7. The predicted molar refractivity (Wildman–Crippen MR) is 77.1 cm³/mol. The molecule has 1 aromatic rings. The van der Waals surface area contributed by atoms with E-state index >= 15 is 0 Å². The number of nitrogens with two attached hydrogens (primary N) is 1. The summed E-state index contributed by atoms with van der Waals surface area (Å²) in [5.74, 6) is 0.813. The molecule has 0 aliphatic heterocycles. The van der Waals surface area contributed by atoms with Gasteiger partial charge in [0.15, 0.2) is 5.13 Å². The lowest BCUT2D eigenvalue weighted by atomic mass is 10.2. The molecule has 0 atom stereocenters. The highest BCUT2D eigenvalue weighted by Gasteiger charge is 2.20. The van der Waals surface area contributed by atoms with Crippen molar-refractivity contribution in [2.45, 2.75) is 27.7 Å². The quantitative estimate of drug-likeness (QED) is 0.832. The van der Waals surface area contributed by atoms with Crippen LogP contribution in [0.3, 0.4) is 0 Å². The molecule has 6 heteroatoms. The fourth-order valence-corrected chi connectivity index (χ4v) is 2.37. The number of aromatic nitrogens is 1. The van der Waals surface area contributed by atoms with Crippen LogP contribution in [-0.4, -0.2) is 35.4 Å². The average molecular weight is 270 g/mol. The van der Waals surface area contributed by atoms with Crippen molar-refractivity contribution in [2.24, 2.45) is 5.92 Å². The number of nitrogens with one attached hydrogen (secondary N) is 1. The Kier molecular flexibility index (Phi) is 5.40. The lowest BCUT2D eigenvalue weighted by Gasteiger charge is -2.17. The summed E-state index contributed by atoms with van der Waals surface area (Å²) in [4.78, 5) is 18.6. The molecule has 0 unspecified atom stereocenters. The van der Waals surface area contributed by atoms with Crippen LogP contribution in [-0.2, 0) is 0 Å². The van der Waals surface area contributed by atoms with Gasteiger partial charge in [0.05, 0.1) is 0 Å². The first kappa shape index (κ1) is 14.8. The van der Waals surface area contributed by atoms with Crippen molar-refractivity contribution in [3.05, 3.63) is 4.88 Å². The fourth-order valence-electron chi connectivity index (χ4n) is 1.51. The largest absolute Gasteiger partial charge is 0.382 e. The van der Waals surface area contributed by atoms with Gasteiger partial charge in [0, 0.05) is 19.6 Å². The number of hydrogen-bond acceptors (Lipinski definition) is 5. The molecule has 1 heterocycles. The number of nitrogens with zero attached hydrogens (tertiary/aromatic N) is 2. The topological polar surface area (TPSA) is 71.2 Å². The van der Waals surface area contributed by atoms with Gasteiger partial charge in [-0.2, -0.15) is 0 Å². The molecule has 0 bridgehead atoms. The monoisotopic (exact) mass is 270 g/mol. The lowest BCUT2D eigenvalue weighted by molar-refractivity contribution is 0.0778. The van der Waals surface area contributed by atoms with E-state index in [1.165, 1.54) is 11.3 Å². The van der Waals surface area contributed by atoms with Crippen molar-refractivity contribution < 1.29 is 4.79 Å². The van der Waals surface area contributed by atoms with Crippen LogP contribution in [0.2, 0.25) is 0 Å². The Bertz CT molecular complexity index is 399. The normalized spacial score (nSPS) is 10.7. The molecule has 5 nitrogen and oxygen atoms in total. The van der Waals surface area contributed by atoms with Gasteiger partial charge in [-0.1, -0.05) is 25.2 Å². The predicted octanol–water partition coefficient (Wildman–Crippen LogP) is 2.28. The van der Waals surface area contributed by atoms with Gasteiger partial charge in [0.25, 0.3) is 5.91 Å². The smallest absolute Gasteiger partial charge is 0.267 e. The van der Waals surface area contributed by atoms with Gasteiger partial charge in [-0.15, -0.1) is 0 Å². The molecule has 0 aliphatic carbocycles. The Labute approximate surface area is 112 Å². The van der Waals surface area contributed by atoms with E-state index in [9.17, 15) is 4.79 Å². The van der Waals surface area contributed by atoms with Crippen molar-refractivity contribution in [3.63, 3.8) is 0 Å². The molecule has 102 valence electrons. The number of rotatable bonds is 6. The summed E-state index contributed by atoms with van der Waals surface area (Å²) < 4.78 is 0. The van der Waals surface area contributed by atoms with E-state index in [1.807, 2.05) is 13.8 Å². The minimum absolute atomic E-state index is 0.0346. The van der Waals surface area contributed by atoms with E-state index in [2.05, 4.69) is 24.1 Å². The van der Waals surface area contributed by atoms with Gasteiger partial charge < -0.3 is 16.0 Å². The lowest BCUT2D eigenvalue weighted by Crippen LogP contribution is -2.30. The van der Waals surface area contributed by atoms with Gasteiger partial charge in [-0.3, -0.25) is 4.79 Å². The minimum atomic E-state index is -0.0346. The second kappa shape index (κ2) is 6.58. The van der Waals surface area contributed by atoms with E-state index in [0.717, 1.165) is 11.7 Å². The maximum atomic E-state index is 12.2. The maximum Gasteiger partial charge on any atom is 0.267 e. The van der Waals surface area contributed by atoms with Crippen molar-refractivity contribution in [1.82, 2.24) is 9.88 Å². The molecule has 0 fully saturated rings. The van der Waals surface area contributed by atoms with Crippen molar-refractivity contribution in [3.8, 4) is 0 Å². The van der Waals surface area contributed by atoms with Crippen LogP contribution in [0, 0.1) is 5.92 Å². The molecule has 0 saturated carbocycles. The Balaban J connectivity index is 2.80. The fraction of sp³-hybridized carbons (Fsp3) is 0.667. The standard InChI is InChI=1S/C12H22N4OS/c1-5-16(6-2)11(17)9-10(13)15-12(18-9)14-7-8(3)4/h8H,5-7,13H2,1-4H3,(H,14,15). The molecular formula is C12H22N4OS. The molecule has 1 amide bonds. The van der Waals surface area contributed by atoms with E-state index in [1.54, 1.807) is 4.90 Å². The van der Waals surface area contributed by atoms with Gasteiger partial charge in [-0.25, -0.2) is 4.98 Å². The highest BCUT2D eigenvalue weighted by atomic mass is 32.1. The number of carbonyl (C=O) groups is 1. The molecule has 1 aromatic heterocycles. The van der Waals surface area contributed by atoms with Crippen LogP contribution >= 0.6 is 11.3 Å². The summed E-state index contributed by atoms with van der Waals surface area (Å²) >= 11 is 1.33. The first-order chi connectivity index (χ1) is 8.49. The summed E-state index contributed by atoms with van der Waals surface area (Å²) in [6.45, 7) is 10.3. The van der Waals surface area contributed by atoms with Crippen molar-refractivity contribution >= 4 is 28.2 Å². The van der Waals surface area contributed by atoms with Gasteiger partial charge >= 0.3 is 0 Å². The van der Waals surface area contributed by atoms with Crippen molar-refractivity contribution in [2.75, 3.05) is 30.7 Å². The molecule has 18 heavy (non-hydrogen) atoms. The van der Waals surface area contributed by atoms with Crippen LogP contribution in [0.25, 0.3) is 0 Å². The van der Waals surface area contributed by atoms with Gasteiger partial charge in [0.2, 0.25) is 0 Å². The SMILES string of the molecule is CCN(CC)C(=O)c1sc(NCC(C)C)nc1N. The average Bonchev–Trinajstić information content (AvgIpc) is 2.69. The second-order valence-corrected chi connectivity index (χ2v) is 5.48. The minimum Gasteiger partial charge on any atom is -0.382 e. The summed E-state index contributed by atoms with van der Waals surface area (Å²) in [5, 5.41) is 3.91. The van der Waals surface area contributed by atoms with Gasteiger partial charge in [0.1, 0.15) is 10.7 Å². The summed E-state index contributed by atoms with van der Waals surface area (Å²) in [6, 6.07) is 0. The summed E-state index contributed by atoms with van der Waals surface area (Å²) in [6.07, 6.45) is 0. The van der Waals surface area contributed by atoms with E-state index < -0.39 is 0 Å². The third-order valence-corrected chi connectivity index (χ3v) is 3.58. The molecule has 0 aliphatic rings. The highest BCUT2D eigenvalue weighted by Crippen LogP contribution is 2.26. The third kappa shape index (κ3) is 3.60. The Morgan fingerprint density at radius 2 is 2.06 bits per heavy atom. The first-order valence-electron chi connectivity index (χ1n) is 6.29. The first-order valence-corrected chi connectivity index (χ1v) is 7.10. The Hall–Kier alpha value is -1.30. The number of amides is 1. The molecule has 0 spiro atoms. The zero-order valence-electron chi connectivity index (χ0n) is 11.5. The number of hydrogen-bond donors (Lipinski definition) is 2. The maximum absolute atomic E-state index is 12.2. The summed E-state index contributed by atoms with van der Waals surface area (Å²) in [7, 11) is 0. The highest BCUT2D eigenvalue weighted by molar-refractivity contribution is 7.18. The second-order valence-electron chi connectivity index (χ2n) is 4.49. The van der Waals surface area contributed by atoms with Crippen LogP contribution in [0.4, 0.5) is 10.9 Å². The molecular weight excluding hydrogens is 248 g/mol. The third-order valence-electron chi connectivity index (χ3n) is 2.56. The van der Waals surface area contributed by atoms with Gasteiger partial charge in [-0.05, 0) is 19.8 Å². The molecule has 0 aromatic carbocycles. The van der Waals surface area contributed by atoms with Crippen molar-refractivity contribution in [1.29, 1.82) is 0 Å². The van der Waals surface area contributed by atoms with E-state index in [-0.39, 0.29) is 5.91 Å². The van der Waals surface area contributed by atoms with Crippen LogP contribution in [0.5, 0.6) is 0 Å². The van der Waals surface area contributed by atoms with Crippen LogP contribution in [0.1, 0.15) is 37.4 Å². The summed E-state index contributed by atoms with van der Waals surface area (Å²) in [5.41, 5.74) is 5.81. The molecule has 0 radical (unpaired) electrons. The Morgan fingerprint density at radius 3 is 2.56 bits per heavy atom. The van der Waals surface area contributed by atoms with E-state index in [0.29, 0.717) is 29.7 Å². The zero-order valence-corrected chi connectivity index (χ0v) is 12.3. The molecule has 3 N–H and O–H groups in total. The Morgan fingerprint density at radius 1 is 1.44 bits per heavy atom. The number of carbonyl (C=O) groups excluding carboxylic acids is 1. The molecule has 0 saturated heterocycles. The van der Waals surface area contributed by atoms with Crippen LogP contribution < -0.4 is 11.1 Å². The van der Waals surface area contributed by atoms with Crippen LogP contribution in [0.15, 0.2) is 0 Å². The van der Waals surface area contributed by atoms with E-state index in [4.69, 9.17) is 5.73 Å². The number of thiazole rings is 1.